The van der Waals surface area contributed by atoms with Crippen molar-refractivity contribution in [2.45, 2.75) is 25.1 Å². The van der Waals surface area contributed by atoms with Gasteiger partial charge in [-0.1, -0.05) is 30.7 Å². The topological polar surface area (TPSA) is 47.2 Å². The molecule has 1 aromatic heterocycles. The summed E-state index contributed by atoms with van der Waals surface area (Å²) in [6, 6.07) is 11.3. The molecule has 1 aromatic carbocycles. The molecule has 0 unspecified atom stereocenters. The van der Waals surface area contributed by atoms with Crippen LogP contribution in [-0.4, -0.2) is 16.7 Å². The van der Waals surface area contributed by atoms with E-state index in [2.05, 4.69) is 23.3 Å². The molecule has 2 aromatic rings. The summed E-state index contributed by atoms with van der Waals surface area (Å²) in [6.45, 7) is 3.79. The Morgan fingerprint density at radius 2 is 1.96 bits per heavy atom. The molecule has 2 rings (SSSR count). The van der Waals surface area contributed by atoms with Crippen molar-refractivity contribution in [1.29, 1.82) is 0 Å². The van der Waals surface area contributed by atoms with Gasteiger partial charge < -0.3 is 23.4 Å². The van der Waals surface area contributed by atoms with Crippen LogP contribution in [0.3, 0.4) is 0 Å². The van der Waals surface area contributed by atoms with Crippen molar-refractivity contribution in [2.75, 3.05) is 5.32 Å². The van der Waals surface area contributed by atoms with E-state index < -0.39 is 11.9 Å². The summed E-state index contributed by atoms with van der Waals surface area (Å²) in [7, 11) is 0. The minimum absolute atomic E-state index is 0. The summed E-state index contributed by atoms with van der Waals surface area (Å²) >= 11 is 0. The van der Waals surface area contributed by atoms with Gasteiger partial charge in [0, 0.05) is 11.9 Å². The molecule has 1 N–H and O–H groups in total. The molecule has 0 saturated carbocycles. The zero-order valence-corrected chi connectivity index (χ0v) is 14.4. The second kappa shape index (κ2) is 10.2. The number of nitrogens with one attached hydrogen (secondary N) is 1. The van der Waals surface area contributed by atoms with E-state index in [1.54, 1.807) is 0 Å². The van der Waals surface area contributed by atoms with Crippen LogP contribution in [0.25, 0.3) is 5.41 Å². The number of aromatic nitrogens is 1. The second-order valence-electron chi connectivity index (χ2n) is 5.33. The van der Waals surface area contributed by atoms with E-state index in [-0.39, 0.29) is 36.2 Å². The molecule has 1 atom stereocenters. The Hall–Kier alpha value is -2.03. The third kappa shape index (κ3) is 6.70. The van der Waals surface area contributed by atoms with Gasteiger partial charge in [-0.25, -0.2) is 0 Å². The molecule has 3 nitrogen and oxygen atoms in total. The van der Waals surface area contributed by atoms with Crippen molar-refractivity contribution >= 4 is 11.4 Å². The summed E-state index contributed by atoms with van der Waals surface area (Å²) in [4.78, 5) is 3.27. The number of pyridine rings is 1. The predicted molar refractivity (Wildman–Crippen MR) is 93.0 cm³/mol. The van der Waals surface area contributed by atoms with Crippen molar-refractivity contribution < 1.29 is 32.0 Å². The van der Waals surface area contributed by atoms with E-state index in [4.69, 9.17) is 0 Å². The average Bonchev–Trinajstić information content (AvgIpc) is 2.60. The molecular formula is C19H17F3LiN3-2. The maximum atomic E-state index is 12.7. The van der Waals surface area contributed by atoms with Crippen molar-refractivity contribution in [3.8, 4) is 0 Å². The molecule has 0 aliphatic rings. The SMILES string of the molecule is [CH2-]CC[C@@H]([C-]=CC(=[N-])c1ccnc(C(F)(F)F)c1)Nc1ccccc1.[Li+]. The van der Waals surface area contributed by atoms with Crippen LogP contribution in [0.4, 0.5) is 18.9 Å². The first-order valence-corrected chi connectivity index (χ1v) is 7.70. The van der Waals surface area contributed by atoms with E-state index in [9.17, 15) is 18.6 Å². The van der Waals surface area contributed by atoms with Crippen LogP contribution >= 0.6 is 0 Å². The van der Waals surface area contributed by atoms with Crippen molar-refractivity contribution in [3.63, 3.8) is 0 Å². The van der Waals surface area contributed by atoms with Crippen LogP contribution in [0.1, 0.15) is 24.1 Å². The summed E-state index contributed by atoms with van der Waals surface area (Å²) < 4.78 is 38.1. The Kier molecular flexibility index (Phi) is 8.63. The quantitative estimate of drug-likeness (QED) is 0.471. The molecular weight excluding hydrogens is 334 g/mol. The summed E-state index contributed by atoms with van der Waals surface area (Å²) in [5, 5.41) is 13.3. The van der Waals surface area contributed by atoms with Crippen LogP contribution in [0, 0.1) is 13.0 Å². The number of benzene rings is 1. The second-order valence-corrected chi connectivity index (χ2v) is 5.33. The Labute approximate surface area is 163 Å². The summed E-state index contributed by atoms with van der Waals surface area (Å²) in [5.74, 6) is 0. The molecule has 1 heterocycles. The normalized spacial score (nSPS) is 12.5. The summed E-state index contributed by atoms with van der Waals surface area (Å²) in [5.41, 5.74) is -0.453. The van der Waals surface area contributed by atoms with Gasteiger partial charge in [0.15, 0.2) is 0 Å². The van der Waals surface area contributed by atoms with Crippen LogP contribution in [-0.2, 0) is 6.18 Å². The number of rotatable bonds is 7. The van der Waals surface area contributed by atoms with Gasteiger partial charge in [0.1, 0.15) is 5.69 Å². The van der Waals surface area contributed by atoms with Gasteiger partial charge in [-0.2, -0.15) is 19.6 Å². The third-order valence-corrected chi connectivity index (χ3v) is 3.37. The summed E-state index contributed by atoms with van der Waals surface area (Å²) in [6.07, 6.45) is 1.98. The minimum Gasteiger partial charge on any atom is -0.904 e. The molecule has 0 fully saturated rings. The Morgan fingerprint density at radius 1 is 1.27 bits per heavy atom. The number of anilines is 1. The molecule has 0 aliphatic carbocycles. The minimum atomic E-state index is -4.56. The van der Waals surface area contributed by atoms with Gasteiger partial charge in [0.25, 0.3) is 0 Å². The largest absolute Gasteiger partial charge is 1.00 e. The standard InChI is InChI=1S/C19H17F3N3.Li/c1-2-6-15(25-16-7-4-3-5-8-16)9-10-17(23)14-11-12-24-18(13-14)19(20,21)22;/h3-5,7-8,10-13,15,25H,1-2,6H2;/q-3;+1/t15-;/m0./s1. The number of allylic oxidation sites excluding steroid dienone is 1. The van der Waals surface area contributed by atoms with Crippen LogP contribution in [0.2, 0.25) is 0 Å². The van der Waals surface area contributed by atoms with Gasteiger partial charge in [0.2, 0.25) is 0 Å². The molecule has 0 radical (unpaired) electrons. The van der Waals surface area contributed by atoms with Gasteiger partial charge in [0.05, 0.1) is 0 Å². The predicted octanol–water partition coefficient (Wildman–Crippen LogP) is 1.92. The molecule has 132 valence electrons. The van der Waals surface area contributed by atoms with E-state index in [1.165, 1.54) is 12.1 Å². The van der Waals surface area contributed by atoms with Gasteiger partial charge in [-0.15, -0.1) is 5.56 Å². The first-order valence-electron chi connectivity index (χ1n) is 7.70. The molecule has 0 spiro atoms. The van der Waals surface area contributed by atoms with E-state index in [0.29, 0.717) is 12.8 Å². The van der Waals surface area contributed by atoms with E-state index in [0.717, 1.165) is 18.0 Å². The number of hydrogen-bond acceptors (Lipinski definition) is 2. The van der Waals surface area contributed by atoms with Gasteiger partial charge in [-0.3, -0.25) is 17.1 Å². The fraction of sp³-hybridized carbons (Fsp3) is 0.211. The fourth-order valence-corrected chi connectivity index (χ4v) is 2.14. The van der Waals surface area contributed by atoms with Crippen LogP contribution in [0.15, 0.2) is 54.7 Å². The monoisotopic (exact) mass is 351 g/mol. The van der Waals surface area contributed by atoms with Crippen molar-refractivity contribution in [2.24, 2.45) is 0 Å². The Morgan fingerprint density at radius 3 is 2.58 bits per heavy atom. The number of halogens is 3. The first-order chi connectivity index (χ1) is 11.9. The van der Waals surface area contributed by atoms with E-state index >= 15 is 0 Å². The zero-order chi connectivity index (χ0) is 18.3. The smallest absolute Gasteiger partial charge is 0.904 e. The fourth-order valence-electron chi connectivity index (χ4n) is 2.14. The maximum Gasteiger partial charge on any atom is 1.00 e. The first kappa shape index (κ1) is 22.0. The Balaban J connectivity index is 0.00000338. The molecule has 26 heavy (non-hydrogen) atoms. The number of para-hydroxylation sites is 1. The third-order valence-electron chi connectivity index (χ3n) is 3.37. The molecule has 0 aliphatic heterocycles. The zero-order valence-electron chi connectivity index (χ0n) is 14.4. The number of alkyl halides is 3. The molecule has 0 bridgehead atoms. The number of nitrogens with zero attached hydrogens (tertiary/aromatic N) is 2. The van der Waals surface area contributed by atoms with Crippen molar-refractivity contribution in [1.82, 2.24) is 4.98 Å². The maximum absolute atomic E-state index is 12.7. The molecule has 7 heteroatoms. The van der Waals surface area contributed by atoms with Gasteiger partial charge >= 0.3 is 25.0 Å². The van der Waals surface area contributed by atoms with Crippen molar-refractivity contribution in [3.05, 3.63) is 84.4 Å². The number of hydrogen-bond donors (Lipinski definition) is 1. The Bertz CT molecular complexity index is 730. The average molecular weight is 351 g/mol. The van der Waals surface area contributed by atoms with Crippen LogP contribution in [0.5, 0.6) is 0 Å². The molecule has 0 saturated heterocycles. The van der Waals surface area contributed by atoms with E-state index in [1.807, 2.05) is 30.3 Å². The van der Waals surface area contributed by atoms with Crippen LogP contribution < -0.4 is 24.2 Å². The van der Waals surface area contributed by atoms with Gasteiger partial charge in [-0.05, 0) is 24.2 Å². The molecule has 0 amide bonds.